The van der Waals surface area contributed by atoms with Crippen LogP contribution in [-0.2, 0) is 10.2 Å². The molecule has 2 aliphatic heterocycles. The van der Waals surface area contributed by atoms with E-state index in [1.807, 2.05) is 0 Å². The van der Waals surface area contributed by atoms with Gasteiger partial charge in [-0.15, -0.1) is 0 Å². The second-order valence-corrected chi connectivity index (χ2v) is 11.9. The normalized spacial score (nSPS) is 26.0. The Labute approximate surface area is 163 Å². The highest BCUT2D eigenvalue weighted by atomic mass is 32.2. The molecule has 3 atom stereocenters. The van der Waals surface area contributed by atoms with Gasteiger partial charge in [-0.3, -0.25) is 4.99 Å². The summed E-state index contributed by atoms with van der Waals surface area (Å²) in [7, 11) is -3.73. The van der Waals surface area contributed by atoms with Gasteiger partial charge in [0.2, 0.25) is 0 Å². The van der Waals surface area contributed by atoms with Crippen LogP contribution in [0.5, 0.6) is 0 Å². The summed E-state index contributed by atoms with van der Waals surface area (Å²) in [5.41, 5.74) is 2.39. The van der Waals surface area contributed by atoms with Crippen molar-refractivity contribution in [1.29, 1.82) is 0 Å². The fraction of sp³-hybridized carbons (Fsp3) is 0.833. The van der Waals surface area contributed by atoms with Gasteiger partial charge in [-0.1, -0.05) is 41.5 Å². The zero-order chi connectivity index (χ0) is 20.1. The van der Waals surface area contributed by atoms with E-state index >= 15 is 0 Å². The van der Waals surface area contributed by atoms with Crippen LogP contribution in [0.4, 0.5) is 0 Å². The Balaban J connectivity index is 2.59. The van der Waals surface area contributed by atoms with E-state index in [0.29, 0.717) is 18.2 Å². The second-order valence-electron chi connectivity index (χ2n) is 9.43. The molecule has 8 heteroatoms. The third kappa shape index (κ3) is 4.64. The summed E-state index contributed by atoms with van der Waals surface area (Å²) in [5.74, 6) is 1.03. The van der Waals surface area contributed by atoms with Crippen LogP contribution in [0.3, 0.4) is 0 Å². The van der Waals surface area contributed by atoms with Gasteiger partial charge in [-0.05, 0) is 24.2 Å². The minimum Gasteiger partial charge on any atom is -0.332 e. The molecule has 2 heterocycles. The van der Waals surface area contributed by atoms with Gasteiger partial charge in [0.25, 0.3) is 10.2 Å². The van der Waals surface area contributed by atoms with Crippen molar-refractivity contribution in [2.45, 2.75) is 72.2 Å². The van der Waals surface area contributed by atoms with E-state index in [4.69, 9.17) is 10.1 Å². The number of rotatable bonds is 4. The van der Waals surface area contributed by atoms with Crippen molar-refractivity contribution >= 4 is 27.8 Å². The van der Waals surface area contributed by atoms with E-state index in [9.17, 15) is 8.42 Å². The van der Waals surface area contributed by atoms with E-state index in [2.05, 4.69) is 64.3 Å². The lowest BCUT2D eigenvalue weighted by Crippen LogP contribution is -2.47. The molecule has 0 amide bonds. The molecule has 0 aliphatic carbocycles. The number of aliphatic imine (C=N–C) groups is 1. The molecule has 0 aromatic carbocycles. The summed E-state index contributed by atoms with van der Waals surface area (Å²) < 4.78 is 25.7. The lowest BCUT2D eigenvalue weighted by Gasteiger charge is -2.43. The summed E-state index contributed by atoms with van der Waals surface area (Å²) >= 11 is 1.81. The first-order valence-electron chi connectivity index (χ1n) is 9.06. The van der Waals surface area contributed by atoms with Gasteiger partial charge in [-0.25, -0.2) is 5.14 Å². The highest BCUT2D eigenvalue weighted by molar-refractivity contribution is 7.99. The number of hydrogen-bond donors (Lipinski definition) is 2. The Morgan fingerprint density at radius 1 is 1.27 bits per heavy atom. The minimum atomic E-state index is -3.73. The number of nitrogens with one attached hydrogen (secondary N) is 1. The molecule has 0 aromatic heterocycles. The van der Waals surface area contributed by atoms with Gasteiger partial charge in [0.1, 0.15) is 5.84 Å². The molecule has 150 valence electrons. The van der Waals surface area contributed by atoms with E-state index in [1.54, 1.807) is 11.8 Å². The molecule has 26 heavy (non-hydrogen) atoms. The average Bonchev–Trinajstić information content (AvgIpc) is 2.82. The third-order valence-corrected chi connectivity index (χ3v) is 6.54. The largest absolute Gasteiger partial charge is 0.332 e. The Kier molecular flexibility index (Phi) is 5.94. The molecule has 1 saturated heterocycles. The molecule has 1 unspecified atom stereocenters. The maximum Gasteiger partial charge on any atom is 0.274 e. The third-order valence-electron chi connectivity index (χ3n) is 4.92. The maximum atomic E-state index is 11.6. The highest BCUT2D eigenvalue weighted by Gasteiger charge is 2.45. The molecular formula is C18H34N4O2S2. The lowest BCUT2D eigenvalue weighted by atomic mass is 9.78. The van der Waals surface area contributed by atoms with Crippen molar-refractivity contribution in [3.05, 3.63) is 11.3 Å². The molecule has 0 aromatic rings. The summed E-state index contributed by atoms with van der Waals surface area (Å²) in [4.78, 5) is 7.44. The quantitative estimate of drug-likeness (QED) is 0.757. The molecule has 3 N–H and O–H groups in total. The van der Waals surface area contributed by atoms with Crippen molar-refractivity contribution in [1.82, 2.24) is 9.62 Å². The zero-order valence-electron chi connectivity index (χ0n) is 17.3. The molecule has 6 nitrogen and oxygen atoms in total. The molecule has 0 spiro atoms. The second kappa shape index (κ2) is 7.11. The highest BCUT2D eigenvalue weighted by Crippen LogP contribution is 2.44. The summed E-state index contributed by atoms with van der Waals surface area (Å²) in [6.07, 6.45) is 2.76. The standard InChI is InChI=1S/C18H34N4O2S2/c1-11(25-8)14-13-9-12(21-26(19,23)24)10-22(13)16(18(5,6)7)20-15(14)17(2,3)4/h11-12,15,21H,9-10H2,1-8H3,(H2,19,23,24)/t11?,12-,15+/m1/s1. The van der Waals surface area contributed by atoms with Crippen LogP contribution in [0.25, 0.3) is 0 Å². The zero-order valence-corrected chi connectivity index (χ0v) is 18.9. The summed E-state index contributed by atoms with van der Waals surface area (Å²) in [6.45, 7) is 15.9. The van der Waals surface area contributed by atoms with Crippen LogP contribution in [0.1, 0.15) is 54.9 Å². The minimum absolute atomic E-state index is 0.0135. The van der Waals surface area contributed by atoms with Gasteiger partial charge in [0, 0.05) is 35.4 Å². The van der Waals surface area contributed by atoms with Gasteiger partial charge in [-0.2, -0.15) is 24.9 Å². The number of hydrogen-bond acceptors (Lipinski definition) is 5. The van der Waals surface area contributed by atoms with Gasteiger partial charge in [0.15, 0.2) is 0 Å². The predicted molar refractivity (Wildman–Crippen MR) is 111 cm³/mol. The first kappa shape index (κ1) is 21.7. The van der Waals surface area contributed by atoms with Gasteiger partial charge in [0.05, 0.1) is 6.04 Å². The predicted octanol–water partition coefficient (Wildman–Crippen LogP) is 2.73. The van der Waals surface area contributed by atoms with Crippen LogP contribution in [0, 0.1) is 10.8 Å². The first-order chi connectivity index (χ1) is 11.6. The van der Waals surface area contributed by atoms with E-state index in [-0.39, 0.29) is 22.9 Å². The van der Waals surface area contributed by atoms with E-state index in [1.165, 1.54) is 11.3 Å². The average molecular weight is 403 g/mol. The van der Waals surface area contributed by atoms with Crippen LogP contribution in [0.15, 0.2) is 16.3 Å². The Hall–Kier alpha value is -0.570. The van der Waals surface area contributed by atoms with Gasteiger partial charge < -0.3 is 4.90 Å². The summed E-state index contributed by atoms with van der Waals surface area (Å²) in [6, 6.07) is -0.144. The molecule has 0 bridgehead atoms. The number of amidine groups is 1. The Morgan fingerprint density at radius 2 is 1.85 bits per heavy atom. The lowest BCUT2D eigenvalue weighted by molar-refractivity contribution is 0.324. The molecular weight excluding hydrogens is 368 g/mol. The van der Waals surface area contributed by atoms with E-state index in [0.717, 1.165) is 5.84 Å². The monoisotopic (exact) mass is 402 g/mol. The fourth-order valence-electron chi connectivity index (χ4n) is 3.80. The van der Waals surface area contributed by atoms with Crippen LogP contribution < -0.4 is 9.86 Å². The van der Waals surface area contributed by atoms with Gasteiger partial charge >= 0.3 is 0 Å². The van der Waals surface area contributed by atoms with Crippen LogP contribution in [0.2, 0.25) is 0 Å². The van der Waals surface area contributed by atoms with Crippen molar-refractivity contribution in [3.63, 3.8) is 0 Å². The van der Waals surface area contributed by atoms with Crippen molar-refractivity contribution in [3.8, 4) is 0 Å². The number of nitrogens with two attached hydrogens (primary N) is 1. The number of fused-ring (bicyclic) bond motifs is 1. The van der Waals surface area contributed by atoms with E-state index < -0.39 is 10.2 Å². The number of thioether (sulfide) groups is 1. The fourth-order valence-corrected chi connectivity index (χ4v) is 4.94. The maximum absolute atomic E-state index is 11.6. The Morgan fingerprint density at radius 3 is 2.27 bits per heavy atom. The molecule has 0 radical (unpaired) electrons. The van der Waals surface area contributed by atoms with Crippen LogP contribution in [-0.4, -0.2) is 49.3 Å². The molecule has 0 saturated carbocycles. The van der Waals surface area contributed by atoms with Crippen LogP contribution >= 0.6 is 11.8 Å². The number of nitrogens with zero attached hydrogens (tertiary/aromatic N) is 2. The Bertz CT molecular complexity index is 714. The topological polar surface area (TPSA) is 87.8 Å². The first-order valence-corrected chi connectivity index (χ1v) is 11.9. The van der Waals surface area contributed by atoms with Crippen molar-refractivity contribution in [2.75, 3.05) is 12.8 Å². The summed E-state index contributed by atoms with van der Waals surface area (Å²) in [5, 5.41) is 5.55. The van der Waals surface area contributed by atoms with Crippen molar-refractivity contribution < 1.29 is 8.42 Å². The van der Waals surface area contributed by atoms with Crippen molar-refractivity contribution in [2.24, 2.45) is 21.0 Å². The molecule has 2 aliphatic rings. The molecule has 2 rings (SSSR count). The SMILES string of the molecule is CSC(C)C1=C2C[C@@H](NS(N)(=O)=O)CN2C(C(C)(C)C)=N[C@@H]1C(C)(C)C. The molecule has 1 fully saturated rings. The smallest absolute Gasteiger partial charge is 0.274 e.